The number of hydrogen-bond acceptors (Lipinski definition) is 4. The van der Waals surface area contributed by atoms with E-state index in [-0.39, 0.29) is 17.7 Å². The highest BCUT2D eigenvalue weighted by Crippen LogP contribution is 2.15. The van der Waals surface area contributed by atoms with Crippen molar-refractivity contribution in [2.24, 2.45) is 0 Å². The fourth-order valence-electron chi connectivity index (χ4n) is 3.65. The summed E-state index contributed by atoms with van der Waals surface area (Å²) < 4.78 is 5.21. The van der Waals surface area contributed by atoms with E-state index in [1.165, 1.54) is 0 Å². The van der Waals surface area contributed by atoms with Gasteiger partial charge in [0, 0.05) is 31.7 Å². The second-order valence-electron chi connectivity index (χ2n) is 7.80. The quantitative estimate of drug-likeness (QED) is 0.771. The lowest BCUT2D eigenvalue weighted by Crippen LogP contribution is -2.55. The zero-order valence-corrected chi connectivity index (χ0v) is 18.3. The van der Waals surface area contributed by atoms with Gasteiger partial charge in [-0.15, -0.1) is 0 Å². The number of nitrogens with zero attached hydrogens (tertiary/aromatic N) is 2. The molecule has 164 valence electrons. The second kappa shape index (κ2) is 10.1. The van der Waals surface area contributed by atoms with Crippen LogP contribution in [0.15, 0.2) is 48.5 Å². The van der Waals surface area contributed by atoms with Crippen molar-refractivity contribution in [2.75, 3.05) is 33.3 Å². The van der Waals surface area contributed by atoms with E-state index in [1.54, 1.807) is 36.0 Å². The Morgan fingerprint density at radius 1 is 1.00 bits per heavy atom. The molecular formula is C24H29N3O4. The number of carbonyl (C=O) groups excluding carboxylic acids is 3. The molecule has 0 aromatic heterocycles. The van der Waals surface area contributed by atoms with Gasteiger partial charge in [0.1, 0.15) is 11.8 Å². The molecule has 2 aromatic rings. The highest BCUT2D eigenvalue weighted by Gasteiger charge is 2.27. The summed E-state index contributed by atoms with van der Waals surface area (Å²) >= 11 is 0. The van der Waals surface area contributed by atoms with E-state index < -0.39 is 6.04 Å². The molecule has 0 bridgehead atoms. The van der Waals surface area contributed by atoms with Crippen LogP contribution in [0.4, 0.5) is 0 Å². The predicted octanol–water partition coefficient (Wildman–Crippen LogP) is 2.04. The first-order chi connectivity index (χ1) is 14.9. The van der Waals surface area contributed by atoms with Crippen LogP contribution in [0.5, 0.6) is 5.75 Å². The van der Waals surface area contributed by atoms with Gasteiger partial charge in [0.15, 0.2) is 0 Å². The molecular weight excluding hydrogens is 394 g/mol. The Bertz CT molecular complexity index is 951. The number of methoxy groups -OCH3 is 1. The smallest absolute Gasteiger partial charge is 0.251 e. The molecule has 1 unspecified atom stereocenters. The van der Waals surface area contributed by atoms with E-state index in [0.717, 1.165) is 16.9 Å². The lowest BCUT2D eigenvalue weighted by Gasteiger charge is -2.36. The number of nitrogens with one attached hydrogen (secondary N) is 1. The van der Waals surface area contributed by atoms with Gasteiger partial charge in [-0.05, 0) is 43.7 Å². The number of amides is 3. The predicted molar refractivity (Wildman–Crippen MR) is 118 cm³/mol. The maximum absolute atomic E-state index is 12.8. The molecule has 0 aliphatic carbocycles. The molecule has 7 nitrogen and oxygen atoms in total. The zero-order valence-electron chi connectivity index (χ0n) is 18.3. The fraction of sp³-hybridized carbons (Fsp3) is 0.375. The monoisotopic (exact) mass is 423 g/mol. The molecule has 0 radical (unpaired) electrons. The topological polar surface area (TPSA) is 79.0 Å². The summed E-state index contributed by atoms with van der Waals surface area (Å²) in [6, 6.07) is 14.1. The Kier molecular flexibility index (Phi) is 7.28. The molecule has 7 heteroatoms. The van der Waals surface area contributed by atoms with E-state index in [1.807, 2.05) is 43.3 Å². The van der Waals surface area contributed by atoms with Gasteiger partial charge >= 0.3 is 0 Å². The summed E-state index contributed by atoms with van der Waals surface area (Å²) in [4.78, 5) is 41.3. The van der Waals surface area contributed by atoms with Crippen LogP contribution in [0.1, 0.15) is 28.4 Å². The maximum atomic E-state index is 12.8. The van der Waals surface area contributed by atoms with Gasteiger partial charge < -0.3 is 19.9 Å². The highest BCUT2D eigenvalue weighted by molar-refractivity contribution is 5.97. The van der Waals surface area contributed by atoms with Crippen LogP contribution in [0.2, 0.25) is 0 Å². The van der Waals surface area contributed by atoms with E-state index in [4.69, 9.17) is 4.74 Å². The van der Waals surface area contributed by atoms with Crippen LogP contribution in [-0.4, -0.2) is 66.9 Å². The van der Waals surface area contributed by atoms with Crippen LogP contribution >= 0.6 is 0 Å². The molecule has 1 aliphatic rings. The highest BCUT2D eigenvalue weighted by atomic mass is 16.5. The lowest BCUT2D eigenvalue weighted by atomic mass is 10.1. The first-order valence-corrected chi connectivity index (χ1v) is 10.4. The SMILES string of the molecule is COc1cccc(CC(=O)N2CCN(C(=O)C(C)NC(=O)c3cccc(C)c3)CC2)c1. The fourth-order valence-corrected chi connectivity index (χ4v) is 3.65. The number of aryl methyl sites for hydroxylation is 1. The Morgan fingerprint density at radius 3 is 2.35 bits per heavy atom. The summed E-state index contributed by atoms with van der Waals surface area (Å²) in [6.45, 7) is 5.47. The minimum absolute atomic E-state index is 0.0288. The Hall–Kier alpha value is -3.35. The molecule has 3 amide bonds. The molecule has 2 aromatic carbocycles. The molecule has 1 aliphatic heterocycles. The number of piperazine rings is 1. The van der Waals surface area contributed by atoms with Gasteiger partial charge in [-0.1, -0.05) is 29.8 Å². The van der Waals surface area contributed by atoms with Gasteiger partial charge in [0.05, 0.1) is 13.5 Å². The molecule has 0 saturated carbocycles. The second-order valence-corrected chi connectivity index (χ2v) is 7.80. The van der Waals surface area contributed by atoms with E-state index in [2.05, 4.69) is 5.32 Å². The molecule has 1 saturated heterocycles. The van der Waals surface area contributed by atoms with Crippen molar-refractivity contribution in [1.29, 1.82) is 0 Å². The summed E-state index contributed by atoms with van der Waals surface area (Å²) in [5, 5.41) is 2.78. The van der Waals surface area contributed by atoms with Gasteiger partial charge in [-0.2, -0.15) is 0 Å². The number of carbonyl (C=O) groups is 3. The van der Waals surface area contributed by atoms with Crippen molar-refractivity contribution >= 4 is 17.7 Å². The van der Waals surface area contributed by atoms with Gasteiger partial charge in [0.25, 0.3) is 5.91 Å². The van der Waals surface area contributed by atoms with Crippen molar-refractivity contribution in [3.63, 3.8) is 0 Å². The molecule has 3 rings (SSSR count). The third-order valence-corrected chi connectivity index (χ3v) is 5.43. The van der Waals surface area contributed by atoms with Gasteiger partial charge in [-0.3, -0.25) is 14.4 Å². The largest absolute Gasteiger partial charge is 0.497 e. The van der Waals surface area contributed by atoms with Crippen LogP contribution in [0.25, 0.3) is 0 Å². The molecule has 31 heavy (non-hydrogen) atoms. The minimum Gasteiger partial charge on any atom is -0.497 e. The Balaban J connectivity index is 1.49. The third kappa shape index (κ3) is 5.84. The number of ether oxygens (including phenoxy) is 1. The van der Waals surface area contributed by atoms with Crippen LogP contribution < -0.4 is 10.1 Å². The Morgan fingerprint density at radius 2 is 1.68 bits per heavy atom. The Labute approximate surface area is 183 Å². The molecule has 1 heterocycles. The van der Waals surface area contributed by atoms with Crippen LogP contribution in [-0.2, 0) is 16.0 Å². The lowest BCUT2D eigenvalue weighted by molar-refractivity contribution is -0.140. The molecule has 1 atom stereocenters. The average Bonchev–Trinajstić information content (AvgIpc) is 2.78. The zero-order chi connectivity index (χ0) is 22.4. The van der Waals surface area contributed by atoms with Crippen molar-refractivity contribution in [2.45, 2.75) is 26.3 Å². The first kappa shape index (κ1) is 22.3. The summed E-state index contributed by atoms with van der Waals surface area (Å²) in [5.41, 5.74) is 2.42. The number of hydrogen-bond donors (Lipinski definition) is 1. The number of rotatable bonds is 6. The van der Waals surface area contributed by atoms with Crippen LogP contribution in [0, 0.1) is 6.92 Å². The van der Waals surface area contributed by atoms with Crippen molar-refractivity contribution in [3.05, 3.63) is 65.2 Å². The minimum atomic E-state index is -0.632. The normalized spacial score (nSPS) is 14.7. The van der Waals surface area contributed by atoms with E-state index in [0.29, 0.717) is 38.2 Å². The van der Waals surface area contributed by atoms with Gasteiger partial charge in [0.2, 0.25) is 11.8 Å². The molecule has 1 N–H and O–H groups in total. The number of benzene rings is 2. The maximum Gasteiger partial charge on any atom is 0.251 e. The summed E-state index contributed by atoms with van der Waals surface area (Å²) in [5.74, 6) is 0.348. The standard InChI is InChI=1S/C24H29N3O4/c1-17-6-4-8-20(14-17)23(29)25-18(2)24(30)27-12-10-26(11-13-27)22(28)16-19-7-5-9-21(15-19)31-3/h4-9,14-15,18H,10-13,16H2,1-3H3,(H,25,29). The third-order valence-electron chi connectivity index (χ3n) is 5.43. The molecule has 0 spiro atoms. The van der Waals surface area contributed by atoms with E-state index in [9.17, 15) is 14.4 Å². The average molecular weight is 424 g/mol. The van der Waals surface area contributed by atoms with Crippen molar-refractivity contribution in [3.8, 4) is 5.75 Å². The summed E-state index contributed by atoms with van der Waals surface area (Å²) in [7, 11) is 1.60. The molecule has 1 fully saturated rings. The van der Waals surface area contributed by atoms with Crippen LogP contribution in [0.3, 0.4) is 0 Å². The van der Waals surface area contributed by atoms with Gasteiger partial charge in [-0.25, -0.2) is 0 Å². The summed E-state index contributed by atoms with van der Waals surface area (Å²) in [6.07, 6.45) is 0.300. The van der Waals surface area contributed by atoms with Crippen molar-refractivity contribution in [1.82, 2.24) is 15.1 Å². The first-order valence-electron chi connectivity index (χ1n) is 10.4. The van der Waals surface area contributed by atoms with E-state index >= 15 is 0 Å². The van der Waals surface area contributed by atoms with Crippen molar-refractivity contribution < 1.29 is 19.1 Å².